The van der Waals surface area contributed by atoms with Crippen LogP contribution >= 0.6 is 23.1 Å². The minimum Gasteiger partial charge on any atom is -0.465 e. The van der Waals surface area contributed by atoms with Crippen molar-refractivity contribution in [3.05, 3.63) is 34.3 Å². The van der Waals surface area contributed by atoms with Crippen LogP contribution in [-0.2, 0) is 14.3 Å². The Balaban J connectivity index is 2.12. The number of carbonyl (C=O) groups is 3. The molecular weight excluding hydrogens is 366 g/mol. The highest BCUT2D eigenvalue weighted by Crippen LogP contribution is 2.22. The number of rotatable bonds is 6. The maximum atomic E-state index is 12.1. The van der Waals surface area contributed by atoms with Crippen molar-refractivity contribution in [1.82, 2.24) is 10.2 Å². The van der Waals surface area contributed by atoms with Gasteiger partial charge in [0.05, 0.1) is 31.1 Å². The molecule has 0 aliphatic carbocycles. The largest absolute Gasteiger partial charge is 0.465 e. The summed E-state index contributed by atoms with van der Waals surface area (Å²) in [4.78, 5) is 35.5. The molecular formula is C15H15N3O5S2. The number of aromatic nitrogens is 2. The van der Waals surface area contributed by atoms with Gasteiger partial charge in [0, 0.05) is 5.69 Å². The first kappa shape index (κ1) is 18.9. The third-order valence-corrected chi connectivity index (χ3v) is 4.87. The van der Waals surface area contributed by atoms with Crippen LogP contribution in [0.2, 0.25) is 0 Å². The number of benzene rings is 1. The Morgan fingerprint density at radius 1 is 1.08 bits per heavy atom. The molecule has 1 N–H and O–H groups in total. The zero-order valence-electron chi connectivity index (χ0n) is 13.7. The second kappa shape index (κ2) is 8.58. The molecule has 0 atom stereocenters. The number of amides is 1. The number of carbonyl (C=O) groups excluding carboxylic acids is 3. The van der Waals surface area contributed by atoms with Crippen LogP contribution in [0.1, 0.15) is 25.7 Å². The molecule has 0 unspecified atom stereocenters. The number of methoxy groups -OCH3 is 2. The maximum absolute atomic E-state index is 12.1. The second-order valence-electron chi connectivity index (χ2n) is 4.71. The monoisotopic (exact) mass is 381 g/mol. The van der Waals surface area contributed by atoms with Gasteiger partial charge in [0.1, 0.15) is 5.01 Å². The zero-order chi connectivity index (χ0) is 18.4. The normalized spacial score (nSPS) is 10.2. The Kier molecular flexibility index (Phi) is 6.48. The highest BCUT2D eigenvalue weighted by atomic mass is 32.2. The number of thioether (sulfide) groups is 1. The van der Waals surface area contributed by atoms with Crippen molar-refractivity contribution in [2.75, 3.05) is 25.3 Å². The fourth-order valence-corrected chi connectivity index (χ4v) is 3.45. The Labute approximate surface area is 151 Å². The van der Waals surface area contributed by atoms with Gasteiger partial charge in [0.2, 0.25) is 5.91 Å². The van der Waals surface area contributed by atoms with Gasteiger partial charge in [-0.15, -0.1) is 10.2 Å². The summed E-state index contributed by atoms with van der Waals surface area (Å²) >= 11 is 2.64. The van der Waals surface area contributed by atoms with E-state index in [9.17, 15) is 14.4 Å². The van der Waals surface area contributed by atoms with E-state index in [0.29, 0.717) is 10.0 Å². The molecule has 0 saturated heterocycles. The summed E-state index contributed by atoms with van der Waals surface area (Å²) in [7, 11) is 2.46. The molecule has 132 valence electrons. The van der Waals surface area contributed by atoms with Gasteiger partial charge < -0.3 is 14.8 Å². The maximum Gasteiger partial charge on any atom is 0.337 e. The number of nitrogens with zero attached hydrogens (tertiary/aromatic N) is 2. The molecule has 0 radical (unpaired) electrons. The van der Waals surface area contributed by atoms with Crippen molar-refractivity contribution in [1.29, 1.82) is 0 Å². The predicted octanol–water partition coefficient (Wildman–Crippen LogP) is 2.15. The number of ether oxygens (including phenoxy) is 2. The molecule has 1 aromatic carbocycles. The first-order chi connectivity index (χ1) is 11.9. The van der Waals surface area contributed by atoms with E-state index in [-0.39, 0.29) is 22.8 Å². The summed E-state index contributed by atoms with van der Waals surface area (Å²) in [5.74, 6) is -1.44. The van der Waals surface area contributed by atoms with Crippen molar-refractivity contribution in [3.63, 3.8) is 0 Å². The van der Waals surface area contributed by atoms with E-state index in [1.165, 1.54) is 55.5 Å². The molecule has 1 aromatic heterocycles. The standard InChI is InChI=1S/C15H15N3O5S2/c1-8-17-18-15(25-8)24-7-12(19)16-11-5-9(13(20)22-2)4-10(6-11)14(21)23-3/h4-6H,7H2,1-3H3,(H,16,19). The number of nitrogens with one attached hydrogen (secondary N) is 1. The van der Waals surface area contributed by atoms with Crippen LogP contribution in [0.25, 0.3) is 0 Å². The van der Waals surface area contributed by atoms with Crippen LogP contribution in [0, 0.1) is 6.92 Å². The SMILES string of the molecule is COC(=O)c1cc(NC(=O)CSc2nnc(C)s2)cc(C(=O)OC)c1. The quantitative estimate of drug-likeness (QED) is 0.599. The molecule has 0 fully saturated rings. The average Bonchev–Trinajstić information content (AvgIpc) is 3.03. The molecule has 8 nitrogen and oxygen atoms in total. The molecule has 2 rings (SSSR count). The van der Waals surface area contributed by atoms with Gasteiger partial charge in [-0.3, -0.25) is 4.79 Å². The molecule has 1 heterocycles. The van der Waals surface area contributed by atoms with Crippen LogP contribution < -0.4 is 5.32 Å². The van der Waals surface area contributed by atoms with E-state index in [0.717, 1.165) is 5.01 Å². The Morgan fingerprint density at radius 2 is 1.68 bits per heavy atom. The number of hydrogen-bond acceptors (Lipinski definition) is 9. The summed E-state index contributed by atoms with van der Waals surface area (Å²) in [5.41, 5.74) is 0.559. The smallest absolute Gasteiger partial charge is 0.337 e. The Morgan fingerprint density at radius 3 is 2.16 bits per heavy atom. The number of hydrogen-bond donors (Lipinski definition) is 1. The summed E-state index contributed by atoms with van der Waals surface area (Å²) in [6, 6.07) is 4.19. The molecule has 0 spiro atoms. The third kappa shape index (κ3) is 5.26. The summed E-state index contributed by atoms with van der Waals surface area (Å²) in [6.45, 7) is 1.83. The van der Waals surface area contributed by atoms with E-state index < -0.39 is 11.9 Å². The van der Waals surface area contributed by atoms with Crippen LogP contribution in [-0.4, -0.2) is 48.0 Å². The van der Waals surface area contributed by atoms with Crippen LogP contribution in [0.15, 0.2) is 22.5 Å². The lowest BCUT2D eigenvalue weighted by atomic mass is 10.1. The highest BCUT2D eigenvalue weighted by Gasteiger charge is 2.15. The van der Waals surface area contributed by atoms with Gasteiger partial charge in [0.15, 0.2) is 4.34 Å². The van der Waals surface area contributed by atoms with Crippen molar-refractivity contribution in [3.8, 4) is 0 Å². The first-order valence-corrected chi connectivity index (χ1v) is 8.77. The zero-order valence-corrected chi connectivity index (χ0v) is 15.3. The van der Waals surface area contributed by atoms with Crippen LogP contribution in [0.5, 0.6) is 0 Å². The molecule has 2 aromatic rings. The topological polar surface area (TPSA) is 107 Å². The Hall–Kier alpha value is -2.46. The number of anilines is 1. The van der Waals surface area contributed by atoms with Crippen molar-refractivity contribution in [2.45, 2.75) is 11.3 Å². The van der Waals surface area contributed by atoms with Gasteiger partial charge in [-0.25, -0.2) is 9.59 Å². The van der Waals surface area contributed by atoms with Crippen molar-refractivity contribution < 1.29 is 23.9 Å². The Bertz CT molecular complexity index is 772. The van der Waals surface area contributed by atoms with Crippen LogP contribution in [0.3, 0.4) is 0 Å². The van der Waals surface area contributed by atoms with E-state index in [2.05, 4.69) is 25.0 Å². The summed E-state index contributed by atoms with van der Waals surface area (Å²) in [5, 5.41) is 11.2. The molecule has 10 heteroatoms. The molecule has 0 aliphatic heterocycles. The van der Waals surface area contributed by atoms with Crippen LogP contribution in [0.4, 0.5) is 5.69 Å². The highest BCUT2D eigenvalue weighted by molar-refractivity contribution is 8.01. The van der Waals surface area contributed by atoms with Crippen molar-refractivity contribution in [2.24, 2.45) is 0 Å². The molecule has 0 aliphatic rings. The van der Waals surface area contributed by atoms with Crippen molar-refractivity contribution >= 4 is 46.6 Å². The minimum atomic E-state index is -0.625. The first-order valence-electron chi connectivity index (χ1n) is 6.97. The minimum absolute atomic E-state index is 0.116. The summed E-state index contributed by atoms with van der Waals surface area (Å²) < 4.78 is 9.99. The lowest BCUT2D eigenvalue weighted by molar-refractivity contribution is -0.113. The third-order valence-electron chi connectivity index (χ3n) is 2.89. The molecule has 0 saturated carbocycles. The van der Waals surface area contributed by atoms with Gasteiger partial charge >= 0.3 is 11.9 Å². The van der Waals surface area contributed by atoms with Gasteiger partial charge in [-0.05, 0) is 25.1 Å². The number of esters is 2. The molecule has 1 amide bonds. The lowest BCUT2D eigenvalue weighted by Crippen LogP contribution is -2.16. The molecule has 25 heavy (non-hydrogen) atoms. The van der Waals surface area contributed by atoms with Gasteiger partial charge in [0.25, 0.3) is 0 Å². The fourth-order valence-electron chi connectivity index (χ4n) is 1.83. The number of aryl methyl sites for hydroxylation is 1. The van der Waals surface area contributed by atoms with E-state index in [1.54, 1.807) is 0 Å². The van der Waals surface area contributed by atoms with Gasteiger partial charge in [-0.2, -0.15) is 0 Å². The van der Waals surface area contributed by atoms with Gasteiger partial charge in [-0.1, -0.05) is 23.1 Å². The van der Waals surface area contributed by atoms with E-state index in [4.69, 9.17) is 0 Å². The second-order valence-corrected chi connectivity index (χ2v) is 7.11. The van der Waals surface area contributed by atoms with E-state index in [1.807, 2.05) is 6.92 Å². The van der Waals surface area contributed by atoms with E-state index >= 15 is 0 Å². The lowest BCUT2D eigenvalue weighted by Gasteiger charge is -2.09. The summed E-state index contributed by atoms with van der Waals surface area (Å²) in [6.07, 6.45) is 0. The average molecular weight is 381 g/mol. The molecule has 0 bridgehead atoms. The fraction of sp³-hybridized carbons (Fsp3) is 0.267. The predicted molar refractivity (Wildman–Crippen MR) is 93.1 cm³/mol.